The average Bonchev–Trinajstić information content (AvgIpc) is 3.74. The Morgan fingerprint density at radius 2 is 1.05 bits per heavy atom. The lowest BCUT2D eigenvalue weighted by atomic mass is 9.94. The number of cyclic esters (lactones) is 2. The van der Waals surface area contributed by atoms with Crippen LogP contribution < -0.4 is 28.4 Å². The Kier molecular flexibility index (Phi) is 13.2. The fourth-order valence-corrected chi connectivity index (χ4v) is 8.19. The molecule has 13 nitrogen and oxygen atoms in total. The minimum absolute atomic E-state index is 0. The maximum atomic E-state index is 13.3. The van der Waals surface area contributed by atoms with Crippen molar-refractivity contribution < 1.29 is 57.0 Å². The van der Waals surface area contributed by atoms with Crippen molar-refractivity contribution >= 4 is 18.2 Å². The van der Waals surface area contributed by atoms with Crippen molar-refractivity contribution in [3.05, 3.63) is 143 Å². The summed E-state index contributed by atoms with van der Waals surface area (Å²) in [6, 6.07) is 36.2. The molecule has 3 fully saturated rings. The van der Waals surface area contributed by atoms with Crippen LogP contribution in [0.1, 0.15) is 77.2 Å². The molecule has 0 saturated carbocycles. The predicted octanol–water partition coefficient (Wildman–Crippen LogP) is 7.98. The lowest BCUT2D eigenvalue weighted by Crippen LogP contribution is -2.49. The van der Waals surface area contributed by atoms with Gasteiger partial charge in [0, 0.05) is 17.9 Å². The summed E-state index contributed by atoms with van der Waals surface area (Å²) < 4.78 is 51.1. The second-order valence-corrected chi connectivity index (χ2v) is 15.0. The van der Waals surface area contributed by atoms with Gasteiger partial charge in [0.05, 0.1) is 12.6 Å². The van der Waals surface area contributed by atoms with E-state index in [1.54, 1.807) is 18.2 Å². The van der Waals surface area contributed by atoms with Gasteiger partial charge in [-0.2, -0.15) is 0 Å². The van der Waals surface area contributed by atoms with Gasteiger partial charge in [0.2, 0.25) is 0 Å². The van der Waals surface area contributed by atoms with E-state index in [9.17, 15) is 14.4 Å². The lowest BCUT2D eigenvalue weighted by Gasteiger charge is -2.39. The van der Waals surface area contributed by atoms with Crippen molar-refractivity contribution in [1.82, 2.24) is 4.90 Å². The number of hydrogen-bond donors (Lipinski definition) is 0. The van der Waals surface area contributed by atoms with Crippen molar-refractivity contribution in [1.29, 1.82) is 0 Å². The number of nitrogens with zero attached hydrogens (tertiary/aromatic N) is 1. The van der Waals surface area contributed by atoms with Crippen molar-refractivity contribution in [2.45, 2.75) is 50.6 Å². The molecule has 3 saturated heterocycles. The van der Waals surface area contributed by atoms with Gasteiger partial charge in [-0.25, -0.2) is 4.90 Å². The molecular weight excluding hydrogens is 795 g/mol. The number of morpholine rings is 1. The van der Waals surface area contributed by atoms with Gasteiger partial charge in [0.1, 0.15) is 70.9 Å². The Labute approximate surface area is 360 Å². The lowest BCUT2D eigenvalue weighted by molar-refractivity contribution is -0.163. The molecule has 5 atom stereocenters. The largest absolute Gasteiger partial charge is 0.486 e. The zero-order valence-electron chi connectivity index (χ0n) is 33.4. The first-order valence-electron chi connectivity index (χ1n) is 20.5. The summed E-state index contributed by atoms with van der Waals surface area (Å²) in [5.74, 6) is 4.14. The normalized spacial score (nSPS) is 22.9. The molecule has 6 aliphatic rings. The molecule has 13 heteroatoms. The fraction of sp³-hybridized carbons (Fsp3) is 0.327. The molecule has 0 aromatic heterocycles. The molecule has 322 valence electrons. The molecule has 0 aliphatic carbocycles. The first kappa shape index (κ1) is 42.1. The molecule has 0 radical (unpaired) electrons. The summed E-state index contributed by atoms with van der Waals surface area (Å²) in [7, 11) is 0. The van der Waals surface area contributed by atoms with Crippen molar-refractivity contribution in [2.75, 3.05) is 52.9 Å². The van der Waals surface area contributed by atoms with Crippen molar-refractivity contribution in [2.24, 2.45) is 0 Å². The summed E-state index contributed by atoms with van der Waals surface area (Å²) in [6.07, 6.45) is 1.21. The van der Waals surface area contributed by atoms with E-state index in [1.165, 1.54) is 5.56 Å². The van der Waals surface area contributed by atoms with Crippen LogP contribution in [-0.2, 0) is 23.8 Å². The second-order valence-electron chi connectivity index (χ2n) is 15.0. The maximum Gasteiger partial charge on any atom is 0.326 e. The van der Waals surface area contributed by atoms with Crippen LogP contribution in [0.3, 0.4) is 0 Å². The SMILES string of the molecule is C.O=C1CC[C@@H](c2ccccc2)CO1.O=C1OC[C@H](c2ccccc2)N2C1[C@@H](c1ccc3c(c1)OCCO3)O[C@H]2c1ccc2c(c1)OCCO2.O=Cc1ccc2c(c1)OCCO2. The Balaban J connectivity index is 0.000000166. The summed E-state index contributed by atoms with van der Waals surface area (Å²) in [5.41, 5.74) is 4.66. The van der Waals surface area contributed by atoms with Crippen molar-refractivity contribution in [3.63, 3.8) is 0 Å². The third-order valence-electron chi connectivity index (χ3n) is 11.2. The van der Waals surface area contributed by atoms with Crippen LogP contribution in [0.25, 0.3) is 0 Å². The van der Waals surface area contributed by atoms with E-state index in [0.717, 1.165) is 29.4 Å². The zero-order valence-corrected chi connectivity index (χ0v) is 33.4. The van der Waals surface area contributed by atoms with Crippen LogP contribution in [0.5, 0.6) is 34.5 Å². The van der Waals surface area contributed by atoms with Crippen LogP contribution in [0.4, 0.5) is 0 Å². The van der Waals surface area contributed by atoms with Crippen LogP contribution in [0.15, 0.2) is 115 Å². The van der Waals surface area contributed by atoms with Gasteiger partial charge in [-0.15, -0.1) is 0 Å². The number of benzene rings is 5. The number of fused-ring (bicyclic) bond motifs is 4. The molecule has 0 bridgehead atoms. The minimum Gasteiger partial charge on any atom is -0.486 e. The molecule has 0 N–H and O–H groups in total. The third kappa shape index (κ3) is 9.19. The highest BCUT2D eigenvalue weighted by Crippen LogP contribution is 2.51. The van der Waals surface area contributed by atoms with Gasteiger partial charge in [-0.3, -0.25) is 14.4 Å². The monoisotopic (exact) mass is 843 g/mol. The predicted molar refractivity (Wildman–Crippen MR) is 226 cm³/mol. The van der Waals surface area contributed by atoms with E-state index < -0.39 is 18.4 Å². The zero-order chi connectivity index (χ0) is 41.5. The molecule has 11 rings (SSSR count). The van der Waals surface area contributed by atoms with E-state index in [0.29, 0.717) is 98.6 Å². The van der Waals surface area contributed by atoms with E-state index in [-0.39, 0.29) is 32.0 Å². The highest BCUT2D eigenvalue weighted by Gasteiger charge is 2.54. The summed E-state index contributed by atoms with van der Waals surface area (Å²) in [4.78, 5) is 36.6. The van der Waals surface area contributed by atoms with Gasteiger partial charge in [-0.05, 0) is 71.1 Å². The summed E-state index contributed by atoms with van der Waals surface area (Å²) in [6.45, 7) is 3.93. The van der Waals surface area contributed by atoms with Gasteiger partial charge >= 0.3 is 11.9 Å². The molecular formula is C49H49NO12. The maximum absolute atomic E-state index is 13.3. The number of hydrogen-bond acceptors (Lipinski definition) is 13. The molecule has 6 heterocycles. The van der Waals surface area contributed by atoms with Crippen LogP contribution in [-0.4, -0.2) is 82.0 Å². The van der Waals surface area contributed by atoms with Gasteiger partial charge in [0.15, 0.2) is 34.5 Å². The first-order chi connectivity index (χ1) is 30.0. The minimum atomic E-state index is -0.635. The van der Waals surface area contributed by atoms with Crippen LogP contribution in [0, 0.1) is 0 Å². The number of ether oxygens (including phenoxy) is 9. The quantitative estimate of drug-likeness (QED) is 0.125. The number of esters is 2. The molecule has 0 amide bonds. The molecule has 1 unspecified atom stereocenters. The Morgan fingerprint density at radius 3 is 1.63 bits per heavy atom. The van der Waals surface area contributed by atoms with Gasteiger partial charge in [-0.1, -0.05) is 80.2 Å². The second kappa shape index (κ2) is 19.4. The molecule has 0 spiro atoms. The molecule has 5 aromatic rings. The highest BCUT2D eigenvalue weighted by atomic mass is 16.6. The average molecular weight is 844 g/mol. The standard InChI is InChI=1S/C28H25NO7.C11H12O2.C9H8O3.CH4/c30-28-25-26(18-6-8-21-23(14-18)33-12-10-31-21)36-27(19-7-9-22-24(15-19)34-13-11-32-22)29(25)20(16-35-28)17-4-2-1-3-5-17;12-11-7-6-10(8-13-11)9-4-2-1-3-5-9;10-6-7-1-2-8-9(5-7)12-4-3-11-8;/h1-9,14-15,20,25-27H,10-13,16H2;1-5,10H,6-8H2;1-2,5-6H,3-4H2;1H4/t20-,25?,26-,27+;10-;;/m11../s1. The Hall–Kier alpha value is -6.57. The van der Waals surface area contributed by atoms with E-state index in [1.807, 2.05) is 72.8 Å². The fourth-order valence-electron chi connectivity index (χ4n) is 8.19. The number of rotatable bonds is 5. The Morgan fingerprint density at radius 1 is 0.516 bits per heavy atom. The van der Waals surface area contributed by atoms with Gasteiger partial charge < -0.3 is 42.6 Å². The molecule has 6 aliphatic heterocycles. The third-order valence-corrected chi connectivity index (χ3v) is 11.2. The van der Waals surface area contributed by atoms with Crippen LogP contribution >= 0.6 is 0 Å². The first-order valence-corrected chi connectivity index (χ1v) is 20.5. The number of aldehydes is 1. The van der Waals surface area contributed by atoms with Gasteiger partial charge in [0.25, 0.3) is 0 Å². The molecule has 62 heavy (non-hydrogen) atoms. The summed E-state index contributed by atoms with van der Waals surface area (Å²) in [5, 5.41) is 0. The smallest absolute Gasteiger partial charge is 0.326 e. The number of carbonyl (C=O) groups excluding carboxylic acids is 3. The molecule has 5 aromatic carbocycles. The highest BCUT2D eigenvalue weighted by molar-refractivity contribution is 5.79. The number of carbonyl (C=O) groups is 3. The van der Waals surface area contributed by atoms with E-state index in [2.05, 4.69) is 29.2 Å². The topological polar surface area (TPSA) is 138 Å². The Bertz CT molecular complexity index is 2330. The van der Waals surface area contributed by atoms with E-state index in [4.69, 9.17) is 42.6 Å². The summed E-state index contributed by atoms with van der Waals surface area (Å²) >= 11 is 0. The van der Waals surface area contributed by atoms with E-state index >= 15 is 0 Å². The van der Waals surface area contributed by atoms with Crippen molar-refractivity contribution in [3.8, 4) is 34.5 Å². The van der Waals surface area contributed by atoms with Crippen LogP contribution in [0.2, 0.25) is 0 Å².